The Morgan fingerprint density at radius 1 is 0.302 bits per heavy atom. The molecule has 292 valence electrons. The highest BCUT2D eigenvalue weighted by molar-refractivity contribution is 6.06. The number of aromatic nitrogens is 2. The highest BCUT2D eigenvalue weighted by atomic mass is 16.3. The minimum Gasteiger partial charge on any atom is -0.456 e. The fourth-order valence-corrected chi connectivity index (χ4v) is 11.8. The van der Waals surface area contributed by atoms with Crippen molar-refractivity contribution in [1.29, 1.82) is 0 Å². The Morgan fingerprint density at radius 3 is 1.40 bits per heavy atom. The van der Waals surface area contributed by atoms with Crippen molar-refractivity contribution < 1.29 is 4.42 Å². The van der Waals surface area contributed by atoms with Crippen LogP contribution in [0.3, 0.4) is 0 Å². The van der Waals surface area contributed by atoms with E-state index in [0.717, 1.165) is 50.0 Å². The molecule has 0 N–H and O–H groups in total. The summed E-state index contributed by atoms with van der Waals surface area (Å²) in [5.41, 5.74) is 20.5. The lowest BCUT2D eigenvalue weighted by Crippen LogP contribution is -2.44. The average molecular weight is 801 g/mol. The summed E-state index contributed by atoms with van der Waals surface area (Å²) in [6.45, 7) is 0. The van der Waals surface area contributed by atoms with Crippen LogP contribution in [0.5, 0.6) is 0 Å². The van der Waals surface area contributed by atoms with Gasteiger partial charge in [0.1, 0.15) is 11.2 Å². The van der Waals surface area contributed by atoms with Gasteiger partial charge in [0.2, 0.25) is 0 Å². The summed E-state index contributed by atoms with van der Waals surface area (Å²) < 4.78 is 6.29. The van der Waals surface area contributed by atoms with Gasteiger partial charge in [-0.25, -0.2) is 9.97 Å². The Morgan fingerprint density at radius 2 is 0.762 bits per heavy atom. The molecule has 3 aliphatic rings. The molecule has 11 aromatic rings. The van der Waals surface area contributed by atoms with Crippen LogP contribution in [0.4, 0.5) is 0 Å². The van der Waals surface area contributed by atoms with E-state index in [0.29, 0.717) is 5.82 Å². The monoisotopic (exact) mass is 800 g/mol. The van der Waals surface area contributed by atoms with Gasteiger partial charge in [-0.05, 0) is 97.1 Å². The lowest BCUT2D eigenvalue weighted by atomic mass is 9.51. The first-order valence-corrected chi connectivity index (χ1v) is 21.7. The van der Waals surface area contributed by atoms with Crippen molar-refractivity contribution >= 4 is 21.9 Å². The number of nitrogens with zero attached hydrogens (tertiary/aromatic N) is 2. The summed E-state index contributed by atoms with van der Waals surface area (Å²) in [5.74, 6) is 0.690. The van der Waals surface area contributed by atoms with E-state index in [4.69, 9.17) is 14.4 Å². The summed E-state index contributed by atoms with van der Waals surface area (Å²) in [7, 11) is 0. The number of fused-ring (bicyclic) bond motifs is 19. The first kappa shape index (κ1) is 34.6. The van der Waals surface area contributed by atoms with Crippen LogP contribution >= 0.6 is 0 Å². The van der Waals surface area contributed by atoms with Gasteiger partial charge in [-0.15, -0.1) is 0 Å². The molecular formula is C60H36N2O. The number of furan rings is 1. The second-order valence-corrected chi connectivity index (χ2v) is 17.1. The predicted octanol–water partition coefficient (Wildman–Crippen LogP) is 14.4. The lowest BCUT2D eigenvalue weighted by Gasteiger charge is -2.49. The molecule has 14 rings (SSSR count). The molecule has 0 fully saturated rings. The smallest absolute Gasteiger partial charge is 0.160 e. The van der Waals surface area contributed by atoms with Gasteiger partial charge in [-0.3, -0.25) is 0 Å². The van der Waals surface area contributed by atoms with Crippen molar-refractivity contribution in [3.8, 4) is 56.2 Å². The maximum atomic E-state index is 6.29. The zero-order chi connectivity index (χ0) is 41.3. The van der Waals surface area contributed by atoms with Crippen LogP contribution in [0.2, 0.25) is 0 Å². The van der Waals surface area contributed by atoms with Crippen molar-refractivity contribution in [2.75, 3.05) is 0 Å². The molecule has 3 aliphatic carbocycles. The Labute approximate surface area is 364 Å². The molecule has 0 saturated heterocycles. The van der Waals surface area contributed by atoms with Gasteiger partial charge >= 0.3 is 0 Å². The van der Waals surface area contributed by atoms with Gasteiger partial charge in [0, 0.05) is 27.5 Å². The molecule has 0 radical (unpaired) electrons. The van der Waals surface area contributed by atoms with E-state index in [1.165, 1.54) is 66.8 Å². The highest BCUT2D eigenvalue weighted by Gasteiger charge is 2.59. The summed E-state index contributed by atoms with van der Waals surface area (Å²) in [6.07, 6.45) is 0. The molecule has 2 spiro atoms. The minimum absolute atomic E-state index is 0.611. The van der Waals surface area contributed by atoms with Crippen molar-refractivity contribution in [3.63, 3.8) is 0 Å². The second-order valence-electron chi connectivity index (χ2n) is 17.1. The van der Waals surface area contributed by atoms with E-state index >= 15 is 0 Å². The third-order valence-electron chi connectivity index (χ3n) is 14.2. The van der Waals surface area contributed by atoms with Crippen molar-refractivity contribution in [2.24, 2.45) is 0 Å². The molecule has 0 amide bonds. The number of para-hydroxylation sites is 1. The Bertz CT molecular complexity index is 3620. The zero-order valence-electron chi connectivity index (χ0n) is 34.1. The SMILES string of the molecule is c1ccc(-c2cc(-c3ccc4oc5ccccc5c4c3)nc(-c3cccc4c3C3(c5ccccc5-c5ccccc53)c3ccccc3C43c4ccccc4-c4ccccc43)n2)cc1. The summed E-state index contributed by atoms with van der Waals surface area (Å²) >= 11 is 0. The van der Waals surface area contributed by atoms with Gasteiger partial charge < -0.3 is 4.42 Å². The van der Waals surface area contributed by atoms with Gasteiger partial charge in [0.05, 0.1) is 22.2 Å². The van der Waals surface area contributed by atoms with E-state index < -0.39 is 10.8 Å². The largest absolute Gasteiger partial charge is 0.456 e. The van der Waals surface area contributed by atoms with Crippen LogP contribution in [0, 0.1) is 0 Å². The molecular weight excluding hydrogens is 765 g/mol. The van der Waals surface area contributed by atoms with Crippen LogP contribution < -0.4 is 0 Å². The fourth-order valence-electron chi connectivity index (χ4n) is 11.8. The van der Waals surface area contributed by atoms with E-state index in [1.807, 2.05) is 12.1 Å². The van der Waals surface area contributed by atoms with Gasteiger partial charge in [0.15, 0.2) is 5.82 Å². The van der Waals surface area contributed by atoms with Crippen LogP contribution in [0.25, 0.3) is 78.1 Å². The number of rotatable bonds is 3. The van der Waals surface area contributed by atoms with Gasteiger partial charge in [0.25, 0.3) is 0 Å². The van der Waals surface area contributed by atoms with Gasteiger partial charge in [-0.1, -0.05) is 188 Å². The fraction of sp³-hybridized carbons (Fsp3) is 0.0333. The Hall–Kier alpha value is -8.14. The van der Waals surface area contributed by atoms with Crippen LogP contribution in [0.1, 0.15) is 44.5 Å². The van der Waals surface area contributed by atoms with E-state index in [-0.39, 0.29) is 0 Å². The third-order valence-corrected chi connectivity index (χ3v) is 14.2. The Kier molecular flexibility index (Phi) is 6.97. The molecule has 63 heavy (non-hydrogen) atoms. The highest BCUT2D eigenvalue weighted by Crippen LogP contribution is 2.68. The second kappa shape index (κ2) is 12.7. The van der Waals surface area contributed by atoms with E-state index in [1.54, 1.807) is 0 Å². The summed E-state index contributed by atoms with van der Waals surface area (Å²) in [4.78, 5) is 11.3. The van der Waals surface area contributed by atoms with E-state index in [2.05, 4.69) is 206 Å². The van der Waals surface area contributed by atoms with Crippen molar-refractivity contribution in [3.05, 3.63) is 263 Å². The number of hydrogen-bond donors (Lipinski definition) is 0. The number of hydrogen-bond acceptors (Lipinski definition) is 3. The standard InChI is InChI=1S/C60H36N2O/c1-2-17-37(18-3-1)53-36-54(38-33-34-56-45(35-38)43-23-8-15-32-55(43)63-56)62-58(61-53)44-24-16-31-52-57(44)60(48-27-11-6-21-41(48)42-22-7-12-28-49(42)60)51-30-14-13-29-50(51)59(52)46-25-9-4-19-39(46)40-20-5-10-26-47(40)59/h1-36H. The molecule has 2 aromatic heterocycles. The number of benzene rings is 9. The molecule has 0 aliphatic heterocycles. The van der Waals surface area contributed by atoms with Crippen LogP contribution in [-0.4, -0.2) is 9.97 Å². The lowest BCUT2D eigenvalue weighted by molar-refractivity contribution is 0.634. The van der Waals surface area contributed by atoms with Crippen LogP contribution in [-0.2, 0) is 10.8 Å². The maximum Gasteiger partial charge on any atom is 0.160 e. The van der Waals surface area contributed by atoms with Crippen molar-refractivity contribution in [1.82, 2.24) is 9.97 Å². The van der Waals surface area contributed by atoms with E-state index in [9.17, 15) is 0 Å². The normalized spacial score (nSPS) is 14.3. The molecule has 9 aromatic carbocycles. The molecule has 0 bridgehead atoms. The summed E-state index contributed by atoms with van der Waals surface area (Å²) in [5, 5.41) is 2.16. The zero-order valence-corrected chi connectivity index (χ0v) is 34.1. The molecule has 2 heterocycles. The topological polar surface area (TPSA) is 38.9 Å². The third kappa shape index (κ3) is 4.43. The van der Waals surface area contributed by atoms with Crippen molar-refractivity contribution in [2.45, 2.75) is 10.8 Å². The average Bonchev–Trinajstić information content (AvgIpc) is 3.98. The molecule has 3 heteroatoms. The van der Waals surface area contributed by atoms with Gasteiger partial charge in [-0.2, -0.15) is 0 Å². The quantitative estimate of drug-likeness (QED) is 0.179. The minimum atomic E-state index is -0.686. The van der Waals surface area contributed by atoms with Crippen LogP contribution in [0.15, 0.2) is 223 Å². The molecule has 0 unspecified atom stereocenters. The maximum absolute atomic E-state index is 6.29. The molecule has 3 nitrogen and oxygen atoms in total. The molecule has 0 atom stereocenters. The summed E-state index contributed by atoms with van der Waals surface area (Å²) in [6, 6.07) is 79.8. The first-order chi connectivity index (χ1) is 31.2. The first-order valence-electron chi connectivity index (χ1n) is 21.7. The predicted molar refractivity (Wildman–Crippen MR) is 254 cm³/mol. The Balaban J connectivity index is 1.15. The molecule has 0 saturated carbocycles.